The summed E-state index contributed by atoms with van der Waals surface area (Å²) in [5.41, 5.74) is 6.10. The Morgan fingerprint density at radius 3 is 2.52 bits per heavy atom. The van der Waals surface area contributed by atoms with E-state index in [1.54, 1.807) is 18.2 Å². The summed E-state index contributed by atoms with van der Waals surface area (Å²) in [6.07, 6.45) is 5.08. The molecule has 31 heavy (non-hydrogen) atoms. The number of imidazole rings is 1. The highest BCUT2D eigenvalue weighted by atomic mass is 16.4. The minimum Gasteiger partial charge on any atom is -0.478 e. The number of carbonyl (C=O) groups excluding carboxylic acids is 1. The van der Waals surface area contributed by atoms with E-state index >= 15 is 0 Å². The van der Waals surface area contributed by atoms with Crippen molar-refractivity contribution in [3.63, 3.8) is 0 Å². The lowest BCUT2D eigenvalue weighted by Gasteiger charge is -2.04. The monoisotopic (exact) mass is 411 g/mol. The summed E-state index contributed by atoms with van der Waals surface area (Å²) in [5.74, 6) is -1.41. The molecule has 0 saturated heterocycles. The van der Waals surface area contributed by atoms with E-state index in [9.17, 15) is 9.59 Å². The number of aromatic nitrogens is 2. The van der Waals surface area contributed by atoms with Gasteiger partial charge in [-0.25, -0.2) is 9.78 Å². The Morgan fingerprint density at radius 2 is 1.77 bits per heavy atom. The zero-order valence-electron chi connectivity index (χ0n) is 17.2. The zero-order valence-corrected chi connectivity index (χ0v) is 17.2. The van der Waals surface area contributed by atoms with Crippen molar-refractivity contribution < 1.29 is 14.7 Å². The number of anilines is 1. The number of carboxylic acid groups (broad SMARTS) is 1. The van der Waals surface area contributed by atoms with E-state index in [0.29, 0.717) is 5.69 Å². The third-order valence-electron chi connectivity index (χ3n) is 4.91. The molecule has 154 valence electrons. The fraction of sp³-hybridized carbons (Fsp3) is 0.0800. The Bertz CT molecular complexity index is 1320. The molecule has 0 fully saturated rings. The number of pyridine rings is 1. The zero-order chi connectivity index (χ0) is 22.0. The molecule has 2 heterocycles. The highest BCUT2D eigenvalue weighted by molar-refractivity contribution is 6.03. The first kappa shape index (κ1) is 20.1. The van der Waals surface area contributed by atoms with Crippen molar-refractivity contribution in [2.75, 3.05) is 5.32 Å². The van der Waals surface area contributed by atoms with Crippen molar-refractivity contribution in [3.8, 4) is 11.3 Å². The summed E-state index contributed by atoms with van der Waals surface area (Å²) < 4.78 is 1.94. The van der Waals surface area contributed by atoms with Crippen LogP contribution in [-0.4, -0.2) is 26.4 Å². The van der Waals surface area contributed by atoms with Crippen LogP contribution in [0.15, 0.2) is 72.9 Å². The average molecular weight is 411 g/mol. The number of rotatable bonds is 5. The summed E-state index contributed by atoms with van der Waals surface area (Å²) >= 11 is 0. The van der Waals surface area contributed by atoms with Gasteiger partial charge in [-0.3, -0.25) is 9.20 Å². The Labute approximate surface area is 179 Å². The van der Waals surface area contributed by atoms with Gasteiger partial charge in [0.15, 0.2) is 0 Å². The molecule has 0 aliphatic rings. The first-order valence-corrected chi connectivity index (χ1v) is 9.79. The smallest absolute Gasteiger partial charge is 0.335 e. The lowest BCUT2D eigenvalue weighted by molar-refractivity contribution is -0.111. The molecule has 0 aliphatic heterocycles. The topological polar surface area (TPSA) is 83.7 Å². The molecular formula is C25H21N3O3. The van der Waals surface area contributed by atoms with E-state index in [2.05, 4.69) is 5.32 Å². The van der Waals surface area contributed by atoms with Gasteiger partial charge in [0, 0.05) is 23.5 Å². The molecule has 0 aliphatic carbocycles. The maximum atomic E-state index is 12.5. The Hall–Kier alpha value is -4.19. The number of carbonyl (C=O) groups is 2. The molecule has 4 aromatic rings. The Morgan fingerprint density at radius 1 is 1.00 bits per heavy atom. The lowest BCUT2D eigenvalue weighted by atomic mass is 10.1. The molecule has 0 saturated carbocycles. The Balaban J connectivity index is 1.68. The van der Waals surface area contributed by atoms with Gasteiger partial charge in [-0.2, -0.15) is 0 Å². The number of hydrogen-bond acceptors (Lipinski definition) is 3. The molecule has 2 aromatic carbocycles. The van der Waals surface area contributed by atoms with Gasteiger partial charge in [0.05, 0.1) is 17.0 Å². The number of hydrogen-bond donors (Lipinski definition) is 2. The Kier molecular flexibility index (Phi) is 5.37. The molecule has 2 aromatic heterocycles. The van der Waals surface area contributed by atoms with Crippen LogP contribution in [-0.2, 0) is 4.79 Å². The largest absolute Gasteiger partial charge is 0.478 e. The highest BCUT2D eigenvalue weighted by Crippen LogP contribution is 2.26. The molecule has 2 N–H and O–H groups in total. The number of nitrogens with zero attached hydrogens (tertiary/aromatic N) is 2. The van der Waals surface area contributed by atoms with E-state index < -0.39 is 5.97 Å². The first-order valence-electron chi connectivity index (χ1n) is 9.79. The number of nitrogens with one attached hydrogen (secondary N) is 1. The van der Waals surface area contributed by atoms with Gasteiger partial charge >= 0.3 is 5.97 Å². The summed E-state index contributed by atoms with van der Waals surface area (Å²) in [7, 11) is 0. The quantitative estimate of drug-likeness (QED) is 0.454. The van der Waals surface area contributed by atoms with Gasteiger partial charge < -0.3 is 10.4 Å². The van der Waals surface area contributed by atoms with E-state index in [0.717, 1.165) is 33.7 Å². The van der Waals surface area contributed by atoms with Gasteiger partial charge in [-0.05, 0) is 55.8 Å². The average Bonchev–Trinajstić information content (AvgIpc) is 3.10. The lowest BCUT2D eigenvalue weighted by Crippen LogP contribution is -2.08. The molecule has 4 rings (SSSR count). The number of aromatic carboxylic acids is 1. The molecule has 6 heteroatoms. The van der Waals surface area contributed by atoms with Gasteiger partial charge in [0.25, 0.3) is 0 Å². The summed E-state index contributed by atoms with van der Waals surface area (Å²) in [6.45, 7) is 4.04. The predicted molar refractivity (Wildman–Crippen MR) is 121 cm³/mol. The number of benzene rings is 2. The standard InChI is InChI=1S/C25H21N3O3/c1-16-6-8-18(9-7-16)24-21(28-13-12-17(2)14-22(28)27-24)10-11-23(29)26-20-5-3-4-19(15-20)25(30)31/h3-15H,1-2H3,(H,26,29)(H,30,31)/b11-10+. The van der Waals surface area contributed by atoms with Crippen molar-refractivity contribution in [1.29, 1.82) is 0 Å². The van der Waals surface area contributed by atoms with Gasteiger partial charge in [0.1, 0.15) is 5.65 Å². The third-order valence-corrected chi connectivity index (χ3v) is 4.91. The molecule has 0 bridgehead atoms. The van der Waals surface area contributed by atoms with Crippen LogP contribution in [0.5, 0.6) is 0 Å². The first-order chi connectivity index (χ1) is 14.9. The summed E-state index contributed by atoms with van der Waals surface area (Å²) in [4.78, 5) is 28.4. The van der Waals surface area contributed by atoms with Crippen LogP contribution in [0.4, 0.5) is 5.69 Å². The van der Waals surface area contributed by atoms with Crippen molar-refractivity contribution in [1.82, 2.24) is 9.38 Å². The van der Waals surface area contributed by atoms with E-state index in [-0.39, 0.29) is 11.5 Å². The second-order valence-electron chi connectivity index (χ2n) is 7.35. The third kappa shape index (κ3) is 4.38. The van der Waals surface area contributed by atoms with Gasteiger partial charge in [0.2, 0.25) is 5.91 Å². The molecule has 6 nitrogen and oxygen atoms in total. The maximum Gasteiger partial charge on any atom is 0.335 e. The van der Waals surface area contributed by atoms with E-state index in [4.69, 9.17) is 10.1 Å². The minimum absolute atomic E-state index is 0.112. The molecule has 0 atom stereocenters. The molecule has 0 spiro atoms. The van der Waals surface area contributed by atoms with Gasteiger partial charge in [-0.1, -0.05) is 35.9 Å². The van der Waals surface area contributed by atoms with Crippen LogP contribution >= 0.6 is 0 Å². The van der Waals surface area contributed by atoms with E-state index in [1.807, 2.05) is 60.8 Å². The van der Waals surface area contributed by atoms with E-state index in [1.165, 1.54) is 18.2 Å². The van der Waals surface area contributed by atoms with Crippen LogP contribution in [0.3, 0.4) is 0 Å². The SMILES string of the molecule is Cc1ccc(-c2nc3cc(C)ccn3c2/C=C/C(=O)Nc2cccc(C(=O)O)c2)cc1. The number of aryl methyl sites for hydroxylation is 2. The van der Waals surface area contributed by atoms with Crippen LogP contribution in [0.2, 0.25) is 0 Å². The van der Waals surface area contributed by atoms with Crippen LogP contribution < -0.4 is 5.32 Å². The second-order valence-corrected chi connectivity index (χ2v) is 7.35. The number of amides is 1. The van der Waals surface area contributed by atoms with Crippen LogP contribution in [0.1, 0.15) is 27.2 Å². The van der Waals surface area contributed by atoms with Crippen molar-refractivity contribution in [2.24, 2.45) is 0 Å². The van der Waals surface area contributed by atoms with Crippen molar-refractivity contribution in [3.05, 3.63) is 95.3 Å². The predicted octanol–water partition coefficient (Wildman–Crippen LogP) is 4.97. The van der Waals surface area contributed by atoms with Crippen molar-refractivity contribution in [2.45, 2.75) is 13.8 Å². The highest BCUT2D eigenvalue weighted by Gasteiger charge is 2.13. The van der Waals surface area contributed by atoms with Crippen molar-refractivity contribution >= 4 is 29.3 Å². The normalized spacial score (nSPS) is 11.2. The molecule has 1 amide bonds. The maximum absolute atomic E-state index is 12.5. The fourth-order valence-corrected chi connectivity index (χ4v) is 3.32. The van der Waals surface area contributed by atoms with Crippen LogP contribution in [0.25, 0.3) is 23.0 Å². The number of carboxylic acids is 1. The molecular weight excluding hydrogens is 390 g/mol. The summed E-state index contributed by atoms with van der Waals surface area (Å²) in [5, 5.41) is 11.8. The van der Waals surface area contributed by atoms with Crippen LogP contribution in [0, 0.1) is 13.8 Å². The molecule has 0 unspecified atom stereocenters. The minimum atomic E-state index is -1.05. The summed E-state index contributed by atoms with van der Waals surface area (Å²) in [6, 6.07) is 18.2. The second kappa shape index (κ2) is 8.28. The number of fused-ring (bicyclic) bond motifs is 1. The molecule has 0 radical (unpaired) electrons. The fourth-order valence-electron chi connectivity index (χ4n) is 3.32. The van der Waals surface area contributed by atoms with Gasteiger partial charge in [-0.15, -0.1) is 0 Å².